The van der Waals surface area contributed by atoms with Crippen molar-refractivity contribution in [2.24, 2.45) is 0 Å². The van der Waals surface area contributed by atoms with Crippen molar-refractivity contribution in [3.63, 3.8) is 0 Å². The quantitative estimate of drug-likeness (QED) is 0.437. The maximum Gasteiger partial charge on any atom is 0.241 e. The van der Waals surface area contributed by atoms with E-state index in [1.54, 1.807) is 0 Å². The van der Waals surface area contributed by atoms with E-state index in [0.717, 1.165) is 62.2 Å². The van der Waals surface area contributed by atoms with Crippen LogP contribution in [0.5, 0.6) is 0 Å². The fourth-order valence-electron chi connectivity index (χ4n) is 5.62. The molecule has 2 aromatic carbocycles. The number of benzene rings is 2. The summed E-state index contributed by atoms with van der Waals surface area (Å²) in [6.45, 7) is 1.50. The number of hydrogen-bond acceptors (Lipinski definition) is 5. The highest BCUT2D eigenvalue weighted by Gasteiger charge is 2.35. The van der Waals surface area contributed by atoms with E-state index >= 15 is 0 Å². The zero-order valence-electron chi connectivity index (χ0n) is 20.4. The predicted molar refractivity (Wildman–Crippen MR) is 140 cm³/mol. The van der Waals surface area contributed by atoms with Gasteiger partial charge in [0.2, 0.25) is 5.91 Å². The van der Waals surface area contributed by atoms with E-state index in [2.05, 4.69) is 62.9 Å². The molecule has 1 amide bonds. The highest BCUT2D eigenvalue weighted by molar-refractivity contribution is 5.82. The summed E-state index contributed by atoms with van der Waals surface area (Å²) < 4.78 is 2.35. The topological polar surface area (TPSA) is 75.1 Å². The van der Waals surface area contributed by atoms with E-state index in [4.69, 9.17) is 4.98 Å². The zero-order valence-corrected chi connectivity index (χ0v) is 20.4. The molecular weight excluding hydrogens is 448 g/mol. The van der Waals surface area contributed by atoms with Gasteiger partial charge in [0, 0.05) is 37.8 Å². The van der Waals surface area contributed by atoms with E-state index < -0.39 is 0 Å². The highest BCUT2D eigenvalue weighted by Crippen LogP contribution is 2.30. The Kier molecular flexibility index (Phi) is 6.49. The molecule has 0 spiro atoms. The monoisotopic (exact) mass is 480 g/mol. The fourth-order valence-corrected chi connectivity index (χ4v) is 5.62. The Morgan fingerprint density at radius 2 is 1.64 bits per heavy atom. The number of aryl methyl sites for hydroxylation is 2. The van der Waals surface area contributed by atoms with Gasteiger partial charge in [-0.05, 0) is 48.9 Å². The molecule has 7 nitrogen and oxygen atoms in total. The van der Waals surface area contributed by atoms with Crippen LogP contribution in [0.2, 0.25) is 0 Å². The minimum atomic E-state index is -0.191. The van der Waals surface area contributed by atoms with Gasteiger partial charge in [-0.25, -0.2) is 20.8 Å². The van der Waals surface area contributed by atoms with Crippen LogP contribution in [0, 0.1) is 0 Å². The number of imidazole rings is 1. The molecule has 0 bridgehead atoms. The summed E-state index contributed by atoms with van der Waals surface area (Å²) in [6.07, 6.45) is 6.26. The first-order chi connectivity index (χ1) is 17.8. The maximum absolute atomic E-state index is 13.3. The third-order valence-corrected chi connectivity index (χ3v) is 7.55. The molecule has 184 valence electrons. The number of likely N-dealkylation sites (tertiary alicyclic amines) is 1. The van der Waals surface area contributed by atoms with Gasteiger partial charge in [-0.3, -0.25) is 4.79 Å². The normalized spacial score (nSPS) is 20.7. The third-order valence-electron chi connectivity index (χ3n) is 7.55. The van der Waals surface area contributed by atoms with Crippen molar-refractivity contribution in [2.75, 3.05) is 13.1 Å². The lowest BCUT2D eigenvalue weighted by molar-refractivity contribution is -0.134. The van der Waals surface area contributed by atoms with Crippen molar-refractivity contribution in [1.29, 1.82) is 0 Å². The number of aromatic nitrogens is 3. The highest BCUT2D eigenvalue weighted by atomic mass is 16.2. The summed E-state index contributed by atoms with van der Waals surface area (Å²) in [5.41, 5.74) is 11.0. The zero-order chi connectivity index (χ0) is 24.3. The minimum Gasteiger partial charge on any atom is -0.341 e. The number of carbonyl (C=O) groups excluding carboxylic acids is 1. The molecule has 4 aromatic rings. The first-order valence-corrected chi connectivity index (χ1v) is 13.0. The van der Waals surface area contributed by atoms with E-state index in [1.165, 1.54) is 11.1 Å². The number of nitrogens with one attached hydrogen (secondary N) is 2. The number of fused-ring (bicyclic) bond motifs is 1. The van der Waals surface area contributed by atoms with Gasteiger partial charge in [-0.15, -0.1) is 0 Å². The molecule has 2 atom stereocenters. The predicted octanol–water partition coefficient (Wildman–Crippen LogP) is 3.99. The smallest absolute Gasteiger partial charge is 0.241 e. The van der Waals surface area contributed by atoms with E-state index in [1.807, 2.05) is 41.4 Å². The van der Waals surface area contributed by atoms with Gasteiger partial charge in [0.05, 0.1) is 0 Å². The molecule has 6 rings (SSSR count). The molecule has 4 heterocycles. The molecule has 2 aromatic heterocycles. The van der Waals surface area contributed by atoms with Crippen molar-refractivity contribution in [3.05, 3.63) is 95.9 Å². The summed E-state index contributed by atoms with van der Waals surface area (Å²) >= 11 is 0. The lowest BCUT2D eigenvalue weighted by Crippen LogP contribution is -2.48. The Morgan fingerprint density at radius 3 is 2.42 bits per heavy atom. The molecule has 7 heteroatoms. The number of piperidine rings is 1. The molecule has 2 unspecified atom stereocenters. The summed E-state index contributed by atoms with van der Waals surface area (Å²) in [4.78, 5) is 25.0. The molecule has 0 saturated carbocycles. The molecule has 2 saturated heterocycles. The van der Waals surface area contributed by atoms with Gasteiger partial charge < -0.3 is 9.47 Å². The van der Waals surface area contributed by atoms with Crippen LogP contribution in [-0.4, -0.2) is 44.5 Å². The summed E-state index contributed by atoms with van der Waals surface area (Å²) in [7, 11) is 0. The van der Waals surface area contributed by atoms with E-state index in [9.17, 15) is 4.79 Å². The van der Waals surface area contributed by atoms with Crippen molar-refractivity contribution in [2.45, 2.75) is 50.2 Å². The second-order valence-corrected chi connectivity index (χ2v) is 9.83. The van der Waals surface area contributed by atoms with Crippen LogP contribution in [0.4, 0.5) is 0 Å². The largest absolute Gasteiger partial charge is 0.341 e. The van der Waals surface area contributed by atoms with Crippen LogP contribution in [0.1, 0.15) is 48.3 Å². The van der Waals surface area contributed by atoms with Crippen LogP contribution in [-0.2, 0) is 17.6 Å². The average Bonchev–Trinajstić information content (AvgIpc) is 3.58. The Morgan fingerprint density at radius 1 is 0.889 bits per heavy atom. The lowest BCUT2D eigenvalue weighted by Gasteiger charge is -2.34. The summed E-state index contributed by atoms with van der Waals surface area (Å²) in [5.74, 6) is 1.28. The molecule has 2 N–H and O–H groups in total. The van der Waals surface area contributed by atoms with Gasteiger partial charge in [0.25, 0.3) is 0 Å². The number of hydrogen-bond donors (Lipinski definition) is 2. The first kappa shape index (κ1) is 22.9. The number of carbonyl (C=O) groups is 1. The number of amides is 1. The number of hydrazine groups is 1. The van der Waals surface area contributed by atoms with Crippen LogP contribution < -0.4 is 10.9 Å². The fraction of sp³-hybridized carbons (Fsp3) is 0.345. The maximum atomic E-state index is 13.3. The Hall–Kier alpha value is -3.55. The lowest BCUT2D eigenvalue weighted by atomic mass is 9.99. The molecule has 2 fully saturated rings. The third kappa shape index (κ3) is 4.64. The summed E-state index contributed by atoms with van der Waals surface area (Å²) in [6, 6.07) is 25.1. The van der Waals surface area contributed by atoms with E-state index in [0.29, 0.717) is 6.04 Å². The first-order valence-electron chi connectivity index (χ1n) is 13.0. The van der Waals surface area contributed by atoms with Crippen LogP contribution >= 0.6 is 0 Å². The molecule has 0 aliphatic carbocycles. The average molecular weight is 481 g/mol. The minimum absolute atomic E-state index is 0.160. The standard InChI is InChI=1S/C29H32N6O/c36-29(26-20-25(32-33-26)22-10-5-2-6-11-22)34-18-15-23(16-19-34)35-27(14-13-21-8-3-1-4-9-21)31-24-12-7-17-30-28(24)35/h1-12,17,23,25-26,32-33H,13-16,18-20H2. The van der Waals surface area contributed by atoms with Crippen molar-refractivity contribution >= 4 is 17.1 Å². The SMILES string of the molecule is O=C(C1CC(c2ccccc2)NN1)N1CCC(n2c(CCc3ccccc3)nc3cccnc32)CC1. The number of rotatable bonds is 6. The molecule has 0 radical (unpaired) electrons. The molecule has 36 heavy (non-hydrogen) atoms. The van der Waals surface area contributed by atoms with Gasteiger partial charge in [0.1, 0.15) is 17.4 Å². The van der Waals surface area contributed by atoms with E-state index in [-0.39, 0.29) is 18.0 Å². The van der Waals surface area contributed by atoms with Gasteiger partial charge in [-0.2, -0.15) is 0 Å². The Balaban J connectivity index is 1.13. The van der Waals surface area contributed by atoms with Crippen molar-refractivity contribution < 1.29 is 4.79 Å². The van der Waals surface area contributed by atoms with Gasteiger partial charge in [-0.1, -0.05) is 60.7 Å². The second-order valence-electron chi connectivity index (χ2n) is 9.83. The van der Waals surface area contributed by atoms with Crippen molar-refractivity contribution in [3.8, 4) is 0 Å². The second kappa shape index (κ2) is 10.2. The van der Waals surface area contributed by atoms with Crippen LogP contribution in [0.25, 0.3) is 11.2 Å². The Bertz CT molecular complexity index is 1310. The molecule has 2 aliphatic heterocycles. The number of pyridine rings is 1. The van der Waals surface area contributed by atoms with Gasteiger partial charge >= 0.3 is 0 Å². The number of nitrogens with zero attached hydrogens (tertiary/aromatic N) is 4. The Labute approximate surface area is 211 Å². The summed E-state index contributed by atoms with van der Waals surface area (Å²) in [5, 5.41) is 0. The van der Waals surface area contributed by atoms with Crippen LogP contribution in [0.3, 0.4) is 0 Å². The van der Waals surface area contributed by atoms with Crippen molar-refractivity contribution in [1.82, 2.24) is 30.3 Å². The molecular formula is C29H32N6O. The van der Waals surface area contributed by atoms with Gasteiger partial charge in [0.15, 0.2) is 5.65 Å². The van der Waals surface area contributed by atoms with Crippen LogP contribution in [0.15, 0.2) is 79.0 Å². The molecule has 2 aliphatic rings.